The smallest absolute Gasteiger partial charge is 0.277 e. The Kier molecular flexibility index (Phi) is 6.12. The Labute approximate surface area is 160 Å². The zero-order valence-electron chi connectivity index (χ0n) is 14.3. The molecule has 2 aromatic carbocycles. The van der Waals surface area contributed by atoms with Crippen LogP contribution in [0.1, 0.15) is 23.6 Å². The normalized spacial score (nSPS) is 10.9. The van der Waals surface area contributed by atoms with E-state index in [1.54, 1.807) is 12.1 Å². The summed E-state index contributed by atoms with van der Waals surface area (Å²) in [6.45, 7) is 2.73. The first kappa shape index (κ1) is 18.7. The first-order chi connectivity index (χ1) is 12.5. The lowest BCUT2D eigenvalue weighted by molar-refractivity contribution is 0.627. The van der Waals surface area contributed by atoms with Crippen molar-refractivity contribution in [1.82, 2.24) is 9.55 Å². The molecule has 26 heavy (non-hydrogen) atoms. The molecule has 6 heteroatoms. The summed E-state index contributed by atoms with van der Waals surface area (Å²) in [6.07, 6.45) is 2.39. The fourth-order valence-corrected chi connectivity index (χ4v) is 3.64. The quantitative estimate of drug-likeness (QED) is 0.443. The lowest BCUT2D eigenvalue weighted by atomic mass is 10.1. The standard InChI is InChI=1S/C20H18ClFN2OS/c1-2-24-12-16(11-14-3-7-17(21)8-4-14)19(25)23-20(24)26-13-15-5-9-18(22)10-6-15/h3-10,12H,2,11,13H2,1H3. The molecule has 0 amide bonds. The van der Waals surface area contributed by atoms with Crippen LogP contribution in [0.3, 0.4) is 0 Å². The van der Waals surface area contributed by atoms with Crippen LogP contribution in [0.5, 0.6) is 0 Å². The maximum atomic E-state index is 13.0. The molecule has 0 fully saturated rings. The van der Waals surface area contributed by atoms with Crippen LogP contribution in [0.15, 0.2) is 64.7 Å². The summed E-state index contributed by atoms with van der Waals surface area (Å²) < 4.78 is 15.0. The monoisotopic (exact) mass is 388 g/mol. The Morgan fingerprint density at radius 1 is 1.08 bits per heavy atom. The van der Waals surface area contributed by atoms with E-state index in [1.165, 1.54) is 23.9 Å². The summed E-state index contributed by atoms with van der Waals surface area (Å²) in [6, 6.07) is 13.8. The van der Waals surface area contributed by atoms with Gasteiger partial charge in [-0.1, -0.05) is 47.6 Å². The van der Waals surface area contributed by atoms with Crippen molar-refractivity contribution in [2.24, 2.45) is 0 Å². The number of rotatable bonds is 6. The van der Waals surface area contributed by atoms with Crippen LogP contribution in [0.2, 0.25) is 5.02 Å². The highest BCUT2D eigenvalue weighted by Gasteiger charge is 2.10. The van der Waals surface area contributed by atoms with Gasteiger partial charge in [0, 0.05) is 35.5 Å². The van der Waals surface area contributed by atoms with Crippen molar-refractivity contribution in [2.45, 2.75) is 30.8 Å². The van der Waals surface area contributed by atoms with Crippen LogP contribution in [-0.2, 0) is 18.7 Å². The molecule has 1 aromatic heterocycles. The van der Waals surface area contributed by atoms with E-state index in [2.05, 4.69) is 4.98 Å². The van der Waals surface area contributed by atoms with E-state index in [1.807, 2.05) is 42.0 Å². The van der Waals surface area contributed by atoms with Crippen LogP contribution < -0.4 is 5.56 Å². The van der Waals surface area contributed by atoms with Crippen molar-refractivity contribution in [3.8, 4) is 0 Å². The number of benzene rings is 2. The molecule has 0 saturated carbocycles. The van der Waals surface area contributed by atoms with Crippen LogP contribution >= 0.6 is 23.4 Å². The predicted molar refractivity (Wildman–Crippen MR) is 104 cm³/mol. The highest BCUT2D eigenvalue weighted by Crippen LogP contribution is 2.21. The van der Waals surface area contributed by atoms with Crippen molar-refractivity contribution in [1.29, 1.82) is 0 Å². The topological polar surface area (TPSA) is 34.9 Å². The highest BCUT2D eigenvalue weighted by molar-refractivity contribution is 7.98. The number of aryl methyl sites for hydroxylation is 1. The van der Waals surface area contributed by atoms with Gasteiger partial charge < -0.3 is 4.57 Å². The molecule has 0 radical (unpaired) electrons. The summed E-state index contributed by atoms with van der Waals surface area (Å²) in [4.78, 5) is 16.7. The van der Waals surface area contributed by atoms with Gasteiger partial charge in [-0.2, -0.15) is 4.98 Å². The van der Waals surface area contributed by atoms with E-state index in [9.17, 15) is 9.18 Å². The van der Waals surface area contributed by atoms with Crippen LogP contribution in [0, 0.1) is 5.82 Å². The van der Waals surface area contributed by atoms with Gasteiger partial charge >= 0.3 is 0 Å². The Morgan fingerprint density at radius 3 is 2.38 bits per heavy atom. The van der Waals surface area contributed by atoms with Crippen LogP contribution in [0.25, 0.3) is 0 Å². The zero-order chi connectivity index (χ0) is 18.5. The molecule has 0 aliphatic rings. The Morgan fingerprint density at radius 2 is 1.73 bits per heavy atom. The second-order valence-corrected chi connectivity index (χ2v) is 7.24. The summed E-state index contributed by atoms with van der Waals surface area (Å²) >= 11 is 7.38. The Bertz CT molecular complexity index is 940. The minimum Gasteiger partial charge on any atom is -0.327 e. The molecule has 0 bridgehead atoms. The fraction of sp³-hybridized carbons (Fsp3) is 0.200. The summed E-state index contributed by atoms with van der Waals surface area (Å²) in [5.41, 5.74) is 2.44. The molecule has 134 valence electrons. The molecule has 0 aliphatic carbocycles. The number of nitrogens with zero attached hydrogens (tertiary/aromatic N) is 2. The van der Waals surface area contributed by atoms with Crippen molar-refractivity contribution in [3.63, 3.8) is 0 Å². The van der Waals surface area contributed by atoms with Gasteiger partial charge in [-0.15, -0.1) is 0 Å². The SMILES string of the molecule is CCn1cc(Cc2ccc(Cl)cc2)c(=O)nc1SCc1ccc(F)cc1. The van der Waals surface area contributed by atoms with Crippen molar-refractivity contribution >= 4 is 23.4 Å². The Balaban J connectivity index is 1.79. The largest absolute Gasteiger partial charge is 0.327 e. The minimum atomic E-state index is -0.256. The van der Waals surface area contributed by atoms with Gasteiger partial charge in [0.1, 0.15) is 5.82 Å². The van der Waals surface area contributed by atoms with Gasteiger partial charge in [0.15, 0.2) is 5.16 Å². The second-order valence-electron chi connectivity index (χ2n) is 5.86. The second kappa shape index (κ2) is 8.52. The minimum absolute atomic E-state index is 0.216. The molecule has 3 aromatic rings. The van der Waals surface area contributed by atoms with Gasteiger partial charge in [0.05, 0.1) is 0 Å². The molecular weight excluding hydrogens is 371 g/mol. The molecule has 0 unspecified atom stereocenters. The maximum absolute atomic E-state index is 13.0. The predicted octanol–water partition coefficient (Wildman–Crippen LogP) is 4.94. The third-order valence-corrected chi connectivity index (χ3v) is 5.27. The van der Waals surface area contributed by atoms with Crippen molar-refractivity contribution < 1.29 is 4.39 Å². The van der Waals surface area contributed by atoms with Crippen molar-refractivity contribution in [2.75, 3.05) is 0 Å². The van der Waals surface area contributed by atoms with Crippen molar-refractivity contribution in [3.05, 3.63) is 92.6 Å². The molecule has 0 aliphatic heterocycles. The van der Waals surface area contributed by atoms with Gasteiger partial charge in [-0.05, 0) is 42.3 Å². The van der Waals surface area contributed by atoms with E-state index in [-0.39, 0.29) is 11.4 Å². The molecule has 0 spiro atoms. The number of thioether (sulfide) groups is 1. The van der Waals surface area contributed by atoms with Crippen LogP contribution in [-0.4, -0.2) is 9.55 Å². The summed E-state index contributed by atoms with van der Waals surface area (Å²) in [5, 5.41) is 1.34. The third kappa shape index (κ3) is 4.74. The van der Waals surface area contributed by atoms with Gasteiger partial charge in [-0.25, -0.2) is 4.39 Å². The number of hydrogen-bond donors (Lipinski definition) is 0. The molecule has 0 atom stereocenters. The fourth-order valence-electron chi connectivity index (χ4n) is 2.54. The molecule has 3 nitrogen and oxygen atoms in total. The first-order valence-corrected chi connectivity index (χ1v) is 9.63. The first-order valence-electron chi connectivity index (χ1n) is 8.27. The van der Waals surface area contributed by atoms with Gasteiger partial charge in [-0.3, -0.25) is 4.79 Å². The van der Waals surface area contributed by atoms with Gasteiger partial charge in [0.2, 0.25) is 0 Å². The van der Waals surface area contributed by atoms with E-state index in [0.29, 0.717) is 34.5 Å². The highest BCUT2D eigenvalue weighted by atomic mass is 35.5. The molecule has 0 N–H and O–H groups in total. The van der Waals surface area contributed by atoms with Gasteiger partial charge in [0.25, 0.3) is 5.56 Å². The average molecular weight is 389 g/mol. The molecule has 1 heterocycles. The van der Waals surface area contributed by atoms with E-state index < -0.39 is 0 Å². The number of hydrogen-bond acceptors (Lipinski definition) is 3. The van der Waals surface area contributed by atoms with E-state index in [0.717, 1.165) is 11.1 Å². The lowest BCUT2D eigenvalue weighted by Crippen LogP contribution is -2.19. The number of aromatic nitrogens is 2. The lowest BCUT2D eigenvalue weighted by Gasteiger charge is -2.12. The average Bonchev–Trinajstić information content (AvgIpc) is 2.65. The summed E-state index contributed by atoms with van der Waals surface area (Å²) in [5.74, 6) is 0.373. The third-order valence-electron chi connectivity index (χ3n) is 3.96. The van der Waals surface area contributed by atoms with E-state index >= 15 is 0 Å². The molecular formula is C20H18ClFN2OS. The molecule has 0 saturated heterocycles. The number of halogens is 2. The molecule has 3 rings (SSSR count). The zero-order valence-corrected chi connectivity index (χ0v) is 15.9. The summed E-state index contributed by atoms with van der Waals surface area (Å²) in [7, 11) is 0. The van der Waals surface area contributed by atoms with E-state index in [4.69, 9.17) is 11.6 Å². The Hall–Kier alpha value is -2.11. The van der Waals surface area contributed by atoms with Crippen LogP contribution in [0.4, 0.5) is 4.39 Å². The maximum Gasteiger partial charge on any atom is 0.277 e.